The van der Waals surface area contributed by atoms with Crippen molar-refractivity contribution in [3.8, 4) is 0 Å². The first-order chi connectivity index (χ1) is 20.6. The van der Waals surface area contributed by atoms with Gasteiger partial charge in [-0.25, -0.2) is 9.59 Å². The topological polar surface area (TPSA) is 137 Å². The Hall–Kier alpha value is -2.56. The number of ketones is 1. The Morgan fingerprint density at radius 2 is 1.88 bits per heavy atom. The molecule has 3 unspecified atom stereocenters. The molecule has 1 spiro atoms. The normalized spacial score (nSPS) is 44.0. The number of carbonyl (C=O) groups excluding carboxylic acids is 5. The molecule has 0 aromatic heterocycles. The zero-order valence-electron chi connectivity index (χ0n) is 24.8. The minimum absolute atomic E-state index is 0.0342. The molecule has 5 saturated carbocycles. The number of hydrogen-bond acceptors (Lipinski definition) is 9. The van der Waals surface area contributed by atoms with E-state index >= 15 is 0 Å². The molecule has 11 heteroatoms. The van der Waals surface area contributed by atoms with Crippen molar-refractivity contribution in [3.63, 3.8) is 0 Å². The van der Waals surface area contributed by atoms with E-state index in [1.807, 2.05) is 11.8 Å². The highest BCUT2D eigenvalue weighted by Crippen LogP contribution is 2.73. The third kappa shape index (κ3) is 4.37. The molecule has 10 atom stereocenters. The minimum atomic E-state index is -0.984. The number of amides is 2. The Bertz CT molecular complexity index is 1270. The number of thioether (sulfide) groups is 1. The summed E-state index contributed by atoms with van der Waals surface area (Å²) in [4.78, 5) is 64.8. The Morgan fingerprint density at radius 3 is 2.72 bits per heavy atom. The van der Waals surface area contributed by atoms with Gasteiger partial charge in [0.25, 0.3) is 0 Å². The second-order valence-electron chi connectivity index (χ2n) is 14.3. The highest BCUT2D eigenvalue weighted by Gasteiger charge is 2.76. The van der Waals surface area contributed by atoms with Crippen LogP contribution in [0, 0.1) is 34.0 Å². The molecule has 8 aliphatic rings. The fourth-order valence-corrected chi connectivity index (χ4v) is 11.8. The van der Waals surface area contributed by atoms with Crippen molar-refractivity contribution in [1.82, 2.24) is 10.6 Å². The van der Waals surface area contributed by atoms with Gasteiger partial charge in [-0.15, -0.1) is 0 Å². The molecule has 3 saturated heterocycles. The van der Waals surface area contributed by atoms with E-state index in [0.29, 0.717) is 49.5 Å². The zero-order chi connectivity index (χ0) is 30.1. The molecule has 234 valence electrons. The first-order valence-corrected chi connectivity index (χ1v) is 17.1. The molecular weight excluding hydrogens is 572 g/mol. The van der Waals surface area contributed by atoms with Crippen molar-refractivity contribution in [2.75, 3.05) is 19.0 Å². The Morgan fingerprint density at radius 1 is 1.05 bits per heavy atom. The fourth-order valence-electron chi connectivity index (χ4n) is 10.3. The van der Waals surface area contributed by atoms with Gasteiger partial charge in [-0.05, 0) is 74.7 Å². The Kier molecular flexibility index (Phi) is 7.13. The number of Topliss-reactive ketones (excluding diaryl/α,β-unsaturated/α-hetero) is 1. The predicted molar refractivity (Wildman–Crippen MR) is 156 cm³/mol. The number of fused-ring (bicyclic) bond motifs is 3. The summed E-state index contributed by atoms with van der Waals surface area (Å²) in [5, 5.41) is 6.24. The van der Waals surface area contributed by atoms with Gasteiger partial charge in [0.15, 0.2) is 12.4 Å². The molecule has 3 aliphatic heterocycles. The van der Waals surface area contributed by atoms with Gasteiger partial charge in [0.2, 0.25) is 0 Å². The first-order valence-electron chi connectivity index (χ1n) is 16.0. The van der Waals surface area contributed by atoms with Crippen LogP contribution in [-0.2, 0) is 33.4 Å². The van der Waals surface area contributed by atoms with E-state index in [1.54, 1.807) is 0 Å². The van der Waals surface area contributed by atoms with Crippen LogP contribution < -0.4 is 10.6 Å². The summed E-state index contributed by atoms with van der Waals surface area (Å²) in [6.45, 7) is 6.16. The number of ether oxygens (including phenoxy) is 3. The van der Waals surface area contributed by atoms with E-state index in [4.69, 9.17) is 14.2 Å². The molecule has 0 aromatic rings. The average Bonchev–Trinajstić information content (AvgIpc) is 3.54. The van der Waals surface area contributed by atoms with Crippen molar-refractivity contribution in [2.24, 2.45) is 34.0 Å². The zero-order valence-corrected chi connectivity index (χ0v) is 25.6. The van der Waals surface area contributed by atoms with Crippen LogP contribution in [0.1, 0.15) is 77.6 Å². The van der Waals surface area contributed by atoms with Crippen LogP contribution in [0.5, 0.6) is 0 Å². The summed E-state index contributed by atoms with van der Waals surface area (Å²) in [7, 11) is 0. The van der Waals surface area contributed by atoms with E-state index in [0.717, 1.165) is 37.9 Å². The molecule has 43 heavy (non-hydrogen) atoms. The smallest absolute Gasteiger partial charge is 0.344 e. The quantitative estimate of drug-likeness (QED) is 0.138. The summed E-state index contributed by atoms with van der Waals surface area (Å²) < 4.78 is 17.3. The van der Waals surface area contributed by atoms with E-state index < -0.39 is 35.5 Å². The third-order valence-electron chi connectivity index (χ3n) is 12.3. The standard InChI is InChI=1S/C32H42N2O8S/c1-17-18-8-11-32(27(17)37)22(12-18)31-10-5-9-30(2,16-41-28(31)38)21(31)13-23(32)42-25(36)14-40-24(35)7-4-3-6-20-26-19(15-43-20)33-29(39)34-26/h18-23,26H,1,3-16H2,2H3,(H2,33,34,39)/t18-,19+,20?,21?,22?,23+,26+,30-,31-,32+/m0/s1. The number of rotatable bonds is 8. The van der Waals surface area contributed by atoms with Crippen LogP contribution in [0.2, 0.25) is 0 Å². The van der Waals surface area contributed by atoms with Gasteiger partial charge in [-0.2, -0.15) is 11.8 Å². The summed E-state index contributed by atoms with van der Waals surface area (Å²) in [6, 6.07) is 0.203. The van der Waals surface area contributed by atoms with E-state index in [9.17, 15) is 24.0 Å². The van der Waals surface area contributed by atoms with Gasteiger partial charge in [0.1, 0.15) is 6.10 Å². The lowest BCUT2D eigenvalue weighted by Crippen LogP contribution is -2.73. The summed E-state index contributed by atoms with van der Waals surface area (Å²) in [6.07, 6.45) is 6.90. The Balaban J connectivity index is 0.982. The number of unbranched alkanes of at least 4 members (excludes halogenated alkanes) is 1. The molecule has 5 aliphatic carbocycles. The maximum atomic E-state index is 14.0. The van der Waals surface area contributed by atoms with Crippen molar-refractivity contribution in [2.45, 2.75) is 101 Å². The number of nitrogens with one attached hydrogen (secondary N) is 2. The number of carbonyl (C=O) groups is 5. The van der Waals surface area contributed by atoms with Crippen molar-refractivity contribution in [3.05, 3.63) is 12.2 Å². The van der Waals surface area contributed by atoms with Gasteiger partial charge in [0.05, 0.1) is 29.5 Å². The maximum absolute atomic E-state index is 14.0. The SMILES string of the molecule is C=C1C(=O)[C@]23CC[C@H]1CC2[C@@]12CCC[C@@](C)(COC1=O)C2C[C@H]3OC(=O)COC(=O)CCCCC1SC[C@H]2NC(=O)N[C@@H]12. The number of allylic oxidation sites excluding steroid dienone is 1. The van der Waals surface area contributed by atoms with Crippen molar-refractivity contribution >= 4 is 41.5 Å². The molecular formula is C32H42N2O8S. The predicted octanol–water partition coefficient (Wildman–Crippen LogP) is 3.46. The molecule has 8 rings (SSSR count). The van der Waals surface area contributed by atoms with Gasteiger partial charge in [-0.3, -0.25) is 14.4 Å². The van der Waals surface area contributed by atoms with Crippen LogP contribution in [-0.4, -0.2) is 72.1 Å². The molecule has 10 nitrogen and oxygen atoms in total. The lowest BCUT2D eigenvalue weighted by molar-refractivity contribution is -0.258. The van der Waals surface area contributed by atoms with Gasteiger partial charge < -0.3 is 24.8 Å². The fraction of sp³-hybridized carbons (Fsp3) is 0.781. The molecule has 0 radical (unpaired) electrons. The number of hydrogen-bond donors (Lipinski definition) is 2. The van der Waals surface area contributed by atoms with Crippen molar-refractivity contribution < 1.29 is 38.2 Å². The van der Waals surface area contributed by atoms with Crippen LogP contribution in [0.3, 0.4) is 0 Å². The molecule has 4 bridgehead atoms. The van der Waals surface area contributed by atoms with Gasteiger partial charge >= 0.3 is 23.9 Å². The summed E-state index contributed by atoms with van der Waals surface area (Å²) in [5.41, 5.74) is -1.35. The van der Waals surface area contributed by atoms with Crippen LogP contribution in [0.15, 0.2) is 12.2 Å². The lowest BCUT2D eigenvalue weighted by Gasteiger charge is -2.69. The molecule has 3 heterocycles. The average molecular weight is 615 g/mol. The van der Waals surface area contributed by atoms with Crippen molar-refractivity contribution in [1.29, 1.82) is 0 Å². The molecule has 8 fully saturated rings. The summed E-state index contributed by atoms with van der Waals surface area (Å²) in [5.74, 6) is -0.684. The minimum Gasteiger partial charge on any atom is -0.465 e. The van der Waals surface area contributed by atoms with Gasteiger partial charge in [-0.1, -0.05) is 26.3 Å². The monoisotopic (exact) mass is 614 g/mol. The second kappa shape index (κ2) is 10.5. The van der Waals surface area contributed by atoms with Crippen LogP contribution >= 0.6 is 11.8 Å². The highest BCUT2D eigenvalue weighted by atomic mass is 32.2. The molecule has 2 N–H and O–H groups in total. The highest BCUT2D eigenvalue weighted by molar-refractivity contribution is 8.00. The lowest BCUT2D eigenvalue weighted by atomic mass is 9.35. The third-order valence-corrected chi connectivity index (χ3v) is 13.8. The maximum Gasteiger partial charge on any atom is 0.344 e. The van der Waals surface area contributed by atoms with E-state index in [1.165, 1.54) is 0 Å². The largest absolute Gasteiger partial charge is 0.465 e. The van der Waals surface area contributed by atoms with Crippen LogP contribution in [0.4, 0.5) is 4.79 Å². The number of urea groups is 1. The molecule has 0 aromatic carbocycles. The van der Waals surface area contributed by atoms with Crippen LogP contribution in [0.25, 0.3) is 0 Å². The number of esters is 3. The number of cyclic esters (lactones) is 1. The van der Waals surface area contributed by atoms with E-state index in [2.05, 4.69) is 24.1 Å². The summed E-state index contributed by atoms with van der Waals surface area (Å²) >= 11 is 1.84. The second-order valence-corrected chi connectivity index (χ2v) is 15.6. The molecule has 2 amide bonds. The van der Waals surface area contributed by atoms with E-state index in [-0.39, 0.29) is 59.5 Å². The Labute approximate surface area is 256 Å². The van der Waals surface area contributed by atoms with Gasteiger partial charge in [0, 0.05) is 22.8 Å². The first kappa shape index (κ1) is 29.2.